The van der Waals surface area contributed by atoms with E-state index in [0.29, 0.717) is 5.56 Å². The molecule has 0 N–H and O–H groups in total. The van der Waals surface area contributed by atoms with Gasteiger partial charge in [0, 0.05) is 17.7 Å². The average molecular weight is 282 g/mol. The molecule has 5 nitrogen and oxygen atoms in total. The number of nitro groups is 1. The molecule has 2 aromatic carbocycles. The van der Waals surface area contributed by atoms with Crippen LogP contribution in [0.3, 0.4) is 0 Å². The Morgan fingerprint density at radius 3 is 2.29 bits per heavy atom. The SMILES string of the molecule is CN1[C@@H](C(=O)c2ccccc2)[C@@H]1c1ccc([N+](=O)[O-])cc1. The van der Waals surface area contributed by atoms with Crippen molar-refractivity contribution in [3.8, 4) is 0 Å². The minimum atomic E-state index is -0.424. The number of nitro benzene ring substituents is 1. The number of carbonyl (C=O) groups excluding carboxylic acids is 1. The van der Waals surface area contributed by atoms with Crippen molar-refractivity contribution in [1.29, 1.82) is 0 Å². The van der Waals surface area contributed by atoms with Gasteiger partial charge in [-0.15, -0.1) is 0 Å². The van der Waals surface area contributed by atoms with Gasteiger partial charge in [-0.1, -0.05) is 42.5 Å². The highest BCUT2D eigenvalue weighted by molar-refractivity contribution is 6.02. The third-order valence-corrected chi connectivity index (χ3v) is 3.86. The molecule has 1 aliphatic heterocycles. The Morgan fingerprint density at radius 2 is 1.71 bits per heavy atom. The van der Waals surface area contributed by atoms with Gasteiger partial charge in [-0.25, -0.2) is 0 Å². The summed E-state index contributed by atoms with van der Waals surface area (Å²) < 4.78 is 0. The van der Waals surface area contributed by atoms with Gasteiger partial charge in [0.05, 0.1) is 17.0 Å². The first-order chi connectivity index (χ1) is 10.1. The van der Waals surface area contributed by atoms with Crippen molar-refractivity contribution in [1.82, 2.24) is 4.90 Å². The molecule has 1 saturated heterocycles. The van der Waals surface area contributed by atoms with Crippen LogP contribution >= 0.6 is 0 Å². The second-order valence-electron chi connectivity index (χ2n) is 5.13. The highest BCUT2D eigenvalue weighted by Gasteiger charge is 2.50. The summed E-state index contributed by atoms with van der Waals surface area (Å²) in [6.07, 6.45) is 0. The standard InChI is InChI=1S/C16H14N2O3/c1-17-14(11-7-9-13(10-8-11)18(20)21)15(17)16(19)12-5-3-2-4-6-12/h2-10,14-15H,1H3/t14-,15+,17?/m0/s1. The van der Waals surface area contributed by atoms with E-state index in [1.54, 1.807) is 24.3 Å². The number of likely N-dealkylation sites (N-methyl/N-ethyl adjacent to an activating group) is 1. The molecule has 1 unspecified atom stereocenters. The van der Waals surface area contributed by atoms with E-state index in [9.17, 15) is 14.9 Å². The van der Waals surface area contributed by atoms with Crippen LogP contribution in [-0.2, 0) is 0 Å². The molecule has 5 heteroatoms. The molecule has 21 heavy (non-hydrogen) atoms. The lowest BCUT2D eigenvalue weighted by atomic mass is 10.0. The van der Waals surface area contributed by atoms with Crippen LogP contribution in [0.4, 0.5) is 5.69 Å². The van der Waals surface area contributed by atoms with Gasteiger partial charge in [-0.2, -0.15) is 0 Å². The predicted octanol–water partition coefficient (Wildman–Crippen LogP) is 2.83. The fourth-order valence-electron chi connectivity index (χ4n) is 2.65. The fourth-order valence-corrected chi connectivity index (χ4v) is 2.65. The first-order valence-electron chi connectivity index (χ1n) is 6.65. The Kier molecular flexibility index (Phi) is 3.27. The molecule has 0 saturated carbocycles. The zero-order chi connectivity index (χ0) is 15.0. The topological polar surface area (TPSA) is 63.2 Å². The van der Waals surface area contributed by atoms with Gasteiger partial charge in [0.1, 0.15) is 0 Å². The van der Waals surface area contributed by atoms with Crippen LogP contribution in [0.15, 0.2) is 54.6 Å². The molecule has 2 aromatic rings. The Labute approximate surface area is 122 Å². The van der Waals surface area contributed by atoms with Crippen LogP contribution in [0.25, 0.3) is 0 Å². The predicted molar refractivity (Wildman–Crippen MR) is 78.2 cm³/mol. The van der Waals surface area contributed by atoms with E-state index < -0.39 is 4.92 Å². The van der Waals surface area contributed by atoms with Crippen LogP contribution in [0, 0.1) is 10.1 Å². The summed E-state index contributed by atoms with van der Waals surface area (Å²) in [4.78, 5) is 24.6. The van der Waals surface area contributed by atoms with E-state index in [-0.39, 0.29) is 23.6 Å². The maximum atomic E-state index is 12.4. The normalized spacial score (nSPS) is 23.6. The molecule has 1 aliphatic rings. The van der Waals surface area contributed by atoms with Crippen LogP contribution in [-0.4, -0.2) is 28.7 Å². The Balaban J connectivity index is 1.79. The Bertz CT molecular complexity index is 682. The van der Waals surface area contributed by atoms with Crippen molar-refractivity contribution < 1.29 is 9.72 Å². The first kappa shape index (κ1) is 13.5. The second-order valence-corrected chi connectivity index (χ2v) is 5.13. The smallest absolute Gasteiger partial charge is 0.269 e. The first-order valence-corrected chi connectivity index (χ1v) is 6.65. The lowest BCUT2D eigenvalue weighted by molar-refractivity contribution is -0.384. The lowest BCUT2D eigenvalue weighted by Gasteiger charge is -1.99. The fraction of sp³-hybridized carbons (Fsp3) is 0.188. The van der Waals surface area contributed by atoms with Crippen molar-refractivity contribution in [2.45, 2.75) is 12.1 Å². The monoisotopic (exact) mass is 282 g/mol. The molecule has 3 rings (SSSR count). The molecular formula is C16H14N2O3. The maximum Gasteiger partial charge on any atom is 0.269 e. The summed E-state index contributed by atoms with van der Waals surface area (Å²) in [5.74, 6) is 0.0847. The van der Waals surface area contributed by atoms with Crippen LogP contribution in [0.1, 0.15) is 22.0 Å². The number of hydrogen-bond donors (Lipinski definition) is 0. The zero-order valence-electron chi connectivity index (χ0n) is 11.5. The third kappa shape index (κ3) is 2.43. The van der Waals surface area contributed by atoms with Gasteiger partial charge in [-0.3, -0.25) is 19.8 Å². The highest BCUT2D eigenvalue weighted by Crippen LogP contribution is 2.43. The summed E-state index contributed by atoms with van der Waals surface area (Å²) in [6.45, 7) is 0. The molecule has 0 aliphatic carbocycles. The van der Waals surface area contributed by atoms with Crippen LogP contribution in [0.2, 0.25) is 0 Å². The van der Waals surface area contributed by atoms with Crippen molar-refractivity contribution in [2.75, 3.05) is 7.05 Å². The minimum absolute atomic E-state index is 0.00138. The number of Topliss-reactive ketones (excluding diaryl/α,β-unsaturated/α-hetero) is 1. The van der Waals surface area contributed by atoms with Gasteiger partial charge in [0.15, 0.2) is 5.78 Å². The number of benzene rings is 2. The number of carbonyl (C=O) groups is 1. The quantitative estimate of drug-likeness (QED) is 0.374. The summed E-state index contributed by atoms with van der Waals surface area (Å²) >= 11 is 0. The van der Waals surface area contributed by atoms with E-state index in [1.165, 1.54) is 12.1 Å². The summed E-state index contributed by atoms with van der Waals surface area (Å²) in [7, 11) is 1.89. The van der Waals surface area contributed by atoms with Gasteiger partial charge >= 0.3 is 0 Å². The molecule has 1 fully saturated rings. The minimum Gasteiger partial charge on any atom is -0.292 e. The molecule has 0 bridgehead atoms. The average Bonchev–Trinajstić information content (AvgIpc) is 3.18. The largest absolute Gasteiger partial charge is 0.292 e. The molecule has 3 atom stereocenters. The number of hydrogen-bond acceptors (Lipinski definition) is 4. The molecule has 0 amide bonds. The summed E-state index contributed by atoms with van der Waals surface area (Å²) in [6, 6.07) is 15.4. The maximum absolute atomic E-state index is 12.4. The van der Waals surface area contributed by atoms with Gasteiger partial charge in [0.25, 0.3) is 5.69 Å². The van der Waals surface area contributed by atoms with E-state index in [1.807, 2.05) is 30.1 Å². The van der Waals surface area contributed by atoms with Crippen molar-refractivity contribution in [2.24, 2.45) is 0 Å². The van der Waals surface area contributed by atoms with E-state index in [4.69, 9.17) is 0 Å². The van der Waals surface area contributed by atoms with Crippen LogP contribution < -0.4 is 0 Å². The molecule has 0 radical (unpaired) electrons. The molecule has 0 spiro atoms. The molecule has 0 aromatic heterocycles. The van der Waals surface area contributed by atoms with E-state index in [2.05, 4.69) is 0 Å². The zero-order valence-corrected chi connectivity index (χ0v) is 11.5. The lowest BCUT2D eigenvalue weighted by Crippen LogP contribution is -2.11. The summed E-state index contributed by atoms with van der Waals surface area (Å²) in [5.41, 5.74) is 1.68. The number of ketones is 1. The van der Waals surface area contributed by atoms with Crippen molar-refractivity contribution in [3.05, 3.63) is 75.8 Å². The Morgan fingerprint density at radius 1 is 1.10 bits per heavy atom. The Hall–Kier alpha value is -2.53. The number of nitrogens with zero attached hydrogens (tertiary/aromatic N) is 2. The molecule has 1 heterocycles. The van der Waals surface area contributed by atoms with Gasteiger partial charge < -0.3 is 0 Å². The van der Waals surface area contributed by atoms with Gasteiger partial charge in [0.2, 0.25) is 0 Å². The third-order valence-electron chi connectivity index (χ3n) is 3.86. The van der Waals surface area contributed by atoms with Gasteiger partial charge in [-0.05, 0) is 12.6 Å². The van der Waals surface area contributed by atoms with E-state index >= 15 is 0 Å². The summed E-state index contributed by atoms with van der Waals surface area (Å²) in [5, 5.41) is 10.7. The molecule has 106 valence electrons. The second kappa shape index (κ2) is 5.10. The molecular weight excluding hydrogens is 268 g/mol. The van der Waals surface area contributed by atoms with E-state index in [0.717, 1.165) is 5.56 Å². The van der Waals surface area contributed by atoms with Crippen molar-refractivity contribution >= 4 is 11.5 Å². The van der Waals surface area contributed by atoms with Crippen LogP contribution in [0.5, 0.6) is 0 Å². The van der Waals surface area contributed by atoms with Crippen molar-refractivity contribution in [3.63, 3.8) is 0 Å². The number of rotatable bonds is 4. The highest BCUT2D eigenvalue weighted by atomic mass is 16.6. The number of non-ortho nitro benzene ring substituents is 1.